The average molecular weight is 321 g/mol. The Balaban J connectivity index is 1.99. The lowest BCUT2D eigenvalue weighted by molar-refractivity contribution is 0.124. The number of benzene rings is 1. The Morgan fingerprint density at radius 1 is 1.00 bits per heavy atom. The Hall–Kier alpha value is -1.59. The van der Waals surface area contributed by atoms with Crippen molar-refractivity contribution >= 4 is 5.96 Å². The molecule has 5 nitrogen and oxygen atoms in total. The van der Waals surface area contributed by atoms with Gasteiger partial charge in [0, 0.05) is 26.7 Å². The second kappa shape index (κ2) is 12.9. The third-order valence-corrected chi connectivity index (χ3v) is 3.25. The van der Waals surface area contributed by atoms with E-state index < -0.39 is 0 Å². The summed E-state index contributed by atoms with van der Waals surface area (Å²) in [6.07, 6.45) is 1.10. The number of rotatable bonds is 11. The summed E-state index contributed by atoms with van der Waals surface area (Å²) in [5, 5.41) is 6.45. The first-order valence-corrected chi connectivity index (χ1v) is 8.36. The van der Waals surface area contributed by atoms with Crippen molar-refractivity contribution in [3.05, 3.63) is 35.9 Å². The van der Waals surface area contributed by atoms with Crippen molar-refractivity contribution < 1.29 is 9.47 Å². The maximum atomic E-state index is 5.62. The molecule has 0 saturated carbocycles. The third kappa shape index (κ3) is 10.7. The van der Waals surface area contributed by atoms with E-state index in [4.69, 9.17) is 9.47 Å². The smallest absolute Gasteiger partial charge is 0.191 e. The number of hydrogen-bond donors (Lipinski definition) is 2. The van der Waals surface area contributed by atoms with E-state index in [0.29, 0.717) is 25.7 Å². The molecular formula is C18H31N3O2. The Bertz CT molecular complexity index is 422. The molecule has 0 aliphatic carbocycles. The molecule has 0 atom stereocenters. The van der Waals surface area contributed by atoms with Gasteiger partial charge in [-0.1, -0.05) is 44.2 Å². The Kier molecular flexibility index (Phi) is 10.9. The van der Waals surface area contributed by atoms with Crippen LogP contribution in [0.4, 0.5) is 0 Å². The maximum absolute atomic E-state index is 5.62. The van der Waals surface area contributed by atoms with Gasteiger partial charge in [-0.3, -0.25) is 4.99 Å². The van der Waals surface area contributed by atoms with Crippen LogP contribution in [0.1, 0.15) is 25.8 Å². The summed E-state index contributed by atoms with van der Waals surface area (Å²) in [6, 6.07) is 10.2. The van der Waals surface area contributed by atoms with Gasteiger partial charge in [-0.05, 0) is 17.9 Å². The zero-order valence-electron chi connectivity index (χ0n) is 14.7. The zero-order chi connectivity index (χ0) is 16.8. The Morgan fingerprint density at radius 3 is 2.26 bits per heavy atom. The molecule has 0 aliphatic heterocycles. The first-order chi connectivity index (χ1) is 11.2. The molecular weight excluding hydrogens is 290 g/mol. The molecule has 1 rings (SSSR count). The lowest BCUT2D eigenvalue weighted by atomic mass is 10.1. The minimum absolute atomic E-state index is 0.637. The Labute approximate surface area is 140 Å². The van der Waals surface area contributed by atoms with Crippen LogP contribution in [-0.4, -0.2) is 45.9 Å². The molecule has 0 unspecified atom stereocenters. The van der Waals surface area contributed by atoms with Crippen molar-refractivity contribution in [2.75, 3.05) is 40.0 Å². The molecule has 0 spiro atoms. The highest BCUT2D eigenvalue weighted by atomic mass is 16.5. The maximum Gasteiger partial charge on any atom is 0.191 e. The molecule has 1 aromatic rings. The van der Waals surface area contributed by atoms with Crippen LogP contribution in [0.3, 0.4) is 0 Å². The fourth-order valence-electron chi connectivity index (χ4n) is 1.89. The van der Waals surface area contributed by atoms with E-state index in [1.165, 1.54) is 5.56 Å². The fraction of sp³-hybridized carbons (Fsp3) is 0.611. The summed E-state index contributed by atoms with van der Waals surface area (Å²) in [5.74, 6) is 1.47. The van der Waals surface area contributed by atoms with Crippen LogP contribution in [0.2, 0.25) is 0 Å². The minimum Gasteiger partial charge on any atom is -0.380 e. The van der Waals surface area contributed by atoms with Crippen LogP contribution >= 0.6 is 0 Å². The van der Waals surface area contributed by atoms with Crippen LogP contribution in [0, 0.1) is 5.92 Å². The molecule has 0 aliphatic rings. The van der Waals surface area contributed by atoms with Crippen molar-refractivity contribution in [3.63, 3.8) is 0 Å². The molecule has 0 heterocycles. The molecule has 0 bridgehead atoms. The van der Waals surface area contributed by atoms with Gasteiger partial charge < -0.3 is 20.1 Å². The number of nitrogens with one attached hydrogen (secondary N) is 2. The molecule has 2 N–H and O–H groups in total. The highest BCUT2D eigenvalue weighted by Gasteiger charge is 1.98. The van der Waals surface area contributed by atoms with Crippen LogP contribution in [-0.2, 0) is 16.1 Å². The predicted molar refractivity (Wildman–Crippen MR) is 95.7 cm³/mol. The van der Waals surface area contributed by atoms with Gasteiger partial charge in [-0.15, -0.1) is 0 Å². The van der Waals surface area contributed by atoms with E-state index in [1.54, 1.807) is 7.05 Å². The topological polar surface area (TPSA) is 54.9 Å². The van der Waals surface area contributed by atoms with E-state index in [-0.39, 0.29) is 0 Å². The first kappa shape index (κ1) is 19.5. The van der Waals surface area contributed by atoms with Gasteiger partial charge in [0.15, 0.2) is 5.96 Å². The molecule has 0 radical (unpaired) electrons. The van der Waals surface area contributed by atoms with Crippen molar-refractivity contribution in [2.45, 2.75) is 26.9 Å². The molecule has 23 heavy (non-hydrogen) atoms. The Morgan fingerprint density at radius 2 is 1.65 bits per heavy atom. The second-order valence-corrected chi connectivity index (χ2v) is 5.76. The van der Waals surface area contributed by atoms with E-state index >= 15 is 0 Å². The van der Waals surface area contributed by atoms with E-state index in [1.807, 2.05) is 18.2 Å². The molecule has 0 aromatic heterocycles. The number of nitrogens with zero attached hydrogens (tertiary/aromatic N) is 1. The molecule has 0 fully saturated rings. The van der Waals surface area contributed by atoms with E-state index in [2.05, 4.69) is 41.6 Å². The molecule has 0 saturated heterocycles. The summed E-state index contributed by atoms with van der Waals surface area (Å²) in [5.41, 5.74) is 1.19. The van der Waals surface area contributed by atoms with Gasteiger partial charge in [0.2, 0.25) is 0 Å². The third-order valence-electron chi connectivity index (χ3n) is 3.25. The SMILES string of the molecule is CN=C(NCCOCCC(C)C)NCCOCc1ccccc1. The van der Waals surface area contributed by atoms with Crippen LogP contribution in [0.25, 0.3) is 0 Å². The summed E-state index contributed by atoms with van der Waals surface area (Å²) < 4.78 is 11.2. The van der Waals surface area contributed by atoms with Gasteiger partial charge in [-0.25, -0.2) is 0 Å². The lowest BCUT2D eigenvalue weighted by Crippen LogP contribution is -2.40. The van der Waals surface area contributed by atoms with Gasteiger partial charge in [0.05, 0.1) is 19.8 Å². The summed E-state index contributed by atoms with van der Waals surface area (Å²) >= 11 is 0. The van der Waals surface area contributed by atoms with Gasteiger partial charge in [0.25, 0.3) is 0 Å². The largest absolute Gasteiger partial charge is 0.380 e. The number of guanidine groups is 1. The molecule has 5 heteroatoms. The second-order valence-electron chi connectivity index (χ2n) is 5.76. The monoisotopic (exact) mass is 321 g/mol. The molecule has 0 amide bonds. The van der Waals surface area contributed by atoms with E-state index in [0.717, 1.165) is 32.1 Å². The van der Waals surface area contributed by atoms with Crippen molar-refractivity contribution in [2.24, 2.45) is 10.9 Å². The highest BCUT2D eigenvalue weighted by molar-refractivity contribution is 5.79. The average Bonchev–Trinajstić information content (AvgIpc) is 2.56. The highest BCUT2D eigenvalue weighted by Crippen LogP contribution is 1.99. The normalized spacial score (nSPS) is 11.7. The van der Waals surface area contributed by atoms with Crippen molar-refractivity contribution in [1.82, 2.24) is 10.6 Å². The van der Waals surface area contributed by atoms with Gasteiger partial charge in [-0.2, -0.15) is 0 Å². The minimum atomic E-state index is 0.637. The van der Waals surface area contributed by atoms with Crippen LogP contribution in [0.5, 0.6) is 0 Å². The summed E-state index contributed by atoms with van der Waals surface area (Å²) in [7, 11) is 1.76. The molecule has 1 aromatic carbocycles. The zero-order valence-corrected chi connectivity index (χ0v) is 14.7. The van der Waals surface area contributed by atoms with Crippen LogP contribution in [0.15, 0.2) is 35.3 Å². The predicted octanol–water partition coefficient (Wildman–Crippen LogP) is 2.43. The fourth-order valence-corrected chi connectivity index (χ4v) is 1.89. The standard InChI is InChI=1S/C18H31N3O2/c1-16(2)9-12-22-13-10-20-18(19-3)21-11-14-23-15-17-7-5-4-6-8-17/h4-8,16H,9-15H2,1-3H3,(H2,19,20,21). The summed E-state index contributed by atoms with van der Waals surface area (Å²) in [6.45, 7) is 8.67. The number of aliphatic imine (C=N–C) groups is 1. The van der Waals surface area contributed by atoms with Crippen molar-refractivity contribution in [3.8, 4) is 0 Å². The lowest BCUT2D eigenvalue weighted by Gasteiger charge is -2.12. The number of ether oxygens (including phenoxy) is 2. The van der Waals surface area contributed by atoms with Crippen LogP contribution < -0.4 is 10.6 Å². The summed E-state index contributed by atoms with van der Waals surface area (Å²) in [4.78, 5) is 4.17. The first-order valence-electron chi connectivity index (χ1n) is 8.36. The number of hydrogen-bond acceptors (Lipinski definition) is 3. The van der Waals surface area contributed by atoms with E-state index in [9.17, 15) is 0 Å². The molecule has 130 valence electrons. The quantitative estimate of drug-likeness (QED) is 0.373. The van der Waals surface area contributed by atoms with Gasteiger partial charge >= 0.3 is 0 Å². The van der Waals surface area contributed by atoms with Crippen molar-refractivity contribution in [1.29, 1.82) is 0 Å². The van der Waals surface area contributed by atoms with Gasteiger partial charge in [0.1, 0.15) is 0 Å².